The number of hydrogen-bond acceptors (Lipinski definition) is 4. The first kappa shape index (κ1) is 20.0. The lowest BCUT2D eigenvalue weighted by Gasteiger charge is -2.10. The second kappa shape index (κ2) is 7.49. The van der Waals surface area contributed by atoms with E-state index < -0.39 is 16.4 Å². The summed E-state index contributed by atoms with van der Waals surface area (Å²) < 4.78 is 67.8. The average Bonchev–Trinajstić information content (AvgIpc) is 3.13. The smallest absolute Gasteiger partial charge is 0.406 e. The zero-order valence-electron chi connectivity index (χ0n) is 15.4. The summed E-state index contributed by atoms with van der Waals surface area (Å²) in [5.41, 5.74) is 2.08. The number of halogens is 3. The van der Waals surface area contributed by atoms with Crippen LogP contribution in [0.4, 0.5) is 13.2 Å². The van der Waals surface area contributed by atoms with E-state index in [0.717, 1.165) is 16.5 Å². The molecule has 5 nitrogen and oxygen atoms in total. The summed E-state index contributed by atoms with van der Waals surface area (Å²) in [7, 11) is -3.80. The second-order valence-corrected chi connectivity index (χ2v) is 8.38. The molecule has 0 spiro atoms. The number of aromatic nitrogens is 2. The van der Waals surface area contributed by atoms with Crippen molar-refractivity contribution < 1.29 is 26.3 Å². The topological polar surface area (TPSA) is 61.2 Å². The maximum absolute atomic E-state index is 12.9. The van der Waals surface area contributed by atoms with Crippen molar-refractivity contribution in [2.45, 2.75) is 17.7 Å². The summed E-state index contributed by atoms with van der Waals surface area (Å²) >= 11 is 0. The summed E-state index contributed by atoms with van der Waals surface area (Å²) in [6.07, 6.45) is -0.0519. The Bertz CT molecular complexity index is 1280. The zero-order chi connectivity index (χ0) is 21.4. The van der Waals surface area contributed by atoms with Gasteiger partial charge in [-0.05, 0) is 53.9 Å². The Morgan fingerprint density at radius 1 is 0.967 bits per heavy atom. The first-order valence-electron chi connectivity index (χ1n) is 8.83. The van der Waals surface area contributed by atoms with Gasteiger partial charge in [0, 0.05) is 24.0 Å². The van der Waals surface area contributed by atoms with Gasteiger partial charge in [-0.2, -0.15) is 0 Å². The number of fused-ring (bicyclic) bond motifs is 1. The predicted octanol–water partition coefficient (Wildman–Crippen LogP) is 4.76. The van der Waals surface area contributed by atoms with E-state index in [4.69, 9.17) is 0 Å². The van der Waals surface area contributed by atoms with Crippen LogP contribution in [0.25, 0.3) is 10.9 Å². The monoisotopic (exact) mass is 432 g/mol. The molecule has 0 N–H and O–H groups in total. The molecule has 0 saturated heterocycles. The summed E-state index contributed by atoms with van der Waals surface area (Å²) in [5, 5.41) is 0.750. The summed E-state index contributed by atoms with van der Waals surface area (Å²) in [6, 6.07) is 15.7. The molecule has 0 bridgehead atoms. The summed E-state index contributed by atoms with van der Waals surface area (Å²) in [5.74, 6) is -0.293. The molecule has 0 atom stereocenters. The van der Waals surface area contributed by atoms with E-state index in [2.05, 4.69) is 9.72 Å². The van der Waals surface area contributed by atoms with Crippen molar-refractivity contribution in [2.75, 3.05) is 0 Å². The molecule has 0 unspecified atom stereocenters. The highest BCUT2D eigenvalue weighted by Crippen LogP contribution is 2.26. The van der Waals surface area contributed by atoms with E-state index in [1.165, 1.54) is 52.9 Å². The van der Waals surface area contributed by atoms with E-state index in [1.807, 2.05) is 6.07 Å². The van der Waals surface area contributed by atoms with Crippen LogP contribution in [0.15, 0.2) is 84.1 Å². The number of alkyl halides is 3. The fraction of sp³-hybridized carbons (Fsp3) is 0.0952. The molecular formula is C21H15F3N2O3S. The third kappa shape index (κ3) is 4.16. The molecule has 0 fully saturated rings. The SMILES string of the molecule is O=S(=O)(c1cccnc1)n1ccc2ccc(Cc3ccc(OC(F)(F)F)cc3)cc21. The van der Waals surface area contributed by atoms with Crippen LogP contribution in [0, 0.1) is 0 Å². The molecule has 4 rings (SSSR count). The Hall–Kier alpha value is -3.33. The fourth-order valence-electron chi connectivity index (χ4n) is 3.13. The molecule has 0 radical (unpaired) electrons. The van der Waals surface area contributed by atoms with Gasteiger partial charge in [0.15, 0.2) is 0 Å². The second-order valence-electron chi connectivity index (χ2n) is 6.57. The zero-order valence-corrected chi connectivity index (χ0v) is 16.2. The van der Waals surface area contributed by atoms with Gasteiger partial charge in [-0.15, -0.1) is 13.2 Å². The van der Waals surface area contributed by atoms with Crippen LogP contribution in [0.2, 0.25) is 0 Å². The van der Waals surface area contributed by atoms with Crippen LogP contribution in [-0.4, -0.2) is 23.7 Å². The third-order valence-electron chi connectivity index (χ3n) is 4.48. The molecule has 0 aliphatic carbocycles. The number of ether oxygens (including phenoxy) is 1. The lowest BCUT2D eigenvalue weighted by molar-refractivity contribution is -0.274. The lowest BCUT2D eigenvalue weighted by Crippen LogP contribution is -2.17. The number of nitrogens with zero attached hydrogens (tertiary/aromatic N) is 2. The summed E-state index contributed by atoms with van der Waals surface area (Å²) in [4.78, 5) is 3.95. The molecule has 4 aromatic rings. The minimum Gasteiger partial charge on any atom is -0.406 e. The van der Waals surface area contributed by atoms with Gasteiger partial charge in [-0.1, -0.05) is 24.3 Å². The quantitative estimate of drug-likeness (QED) is 0.456. The van der Waals surface area contributed by atoms with Crippen molar-refractivity contribution in [2.24, 2.45) is 0 Å². The van der Waals surface area contributed by atoms with Crippen LogP contribution in [0.1, 0.15) is 11.1 Å². The molecule has 0 aliphatic heterocycles. The maximum Gasteiger partial charge on any atom is 0.573 e. The number of rotatable bonds is 5. The largest absolute Gasteiger partial charge is 0.573 e. The Morgan fingerprint density at radius 3 is 2.37 bits per heavy atom. The van der Waals surface area contributed by atoms with Gasteiger partial charge in [-0.3, -0.25) is 4.98 Å². The Kier molecular flexibility index (Phi) is 4.98. The standard InChI is InChI=1S/C21H15F3N2O3S/c22-21(23,24)29-18-7-4-15(5-8-18)12-16-3-6-17-9-11-26(20(17)13-16)30(27,28)19-2-1-10-25-14-19/h1-11,13-14H,12H2. The Labute approximate surface area is 170 Å². The summed E-state index contributed by atoms with van der Waals surface area (Å²) in [6.45, 7) is 0. The van der Waals surface area contributed by atoms with Crippen molar-refractivity contribution in [1.82, 2.24) is 8.96 Å². The predicted molar refractivity (Wildman–Crippen MR) is 105 cm³/mol. The Morgan fingerprint density at radius 2 is 1.70 bits per heavy atom. The van der Waals surface area contributed by atoms with Gasteiger partial charge in [-0.25, -0.2) is 12.4 Å². The Balaban J connectivity index is 1.63. The van der Waals surface area contributed by atoms with Gasteiger partial charge >= 0.3 is 6.36 Å². The number of hydrogen-bond donors (Lipinski definition) is 0. The first-order valence-corrected chi connectivity index (χ1v) is 10.3. The van der Waals surface area contributed by atoms with Crippen molar-refractivity contribution in [1.29, 1.82) is 0 Å². The van der Waals surface area contributed by atoms with Crippen LogP contribution < -0.4 is 4.74 Å². The molecule has 0 aliphatic rings. The van der Waals surface area contributed by atoms with Gasteiger partial charge in [0.05, 0.1) is 5.52 Å². The maximum atomic E-state index is 12.9. The van der Waals surface area contributed by atoms with E-state index in [-0.39, 0.29) is 10.6 Å². The highest BCUT2D eigenvalue weighted by atomic mass is 32.2. The number of benzene rings is 2. The van der Waals surface area contributed by atoms with Crippen molar-refractivity contribution in [3.8, 4) is 5.75 Å². The minimum absolute atomic E-state index is 0.0770. The molecular weight excluding hydrogens is 417 g/mol. The lowest BCUT2D eigenvalue weighted by atomic mass is 10.0. The van der Waals surface area contributed by atoms with Crippen LogP contribution in [-0.2, 0) is 16.4 Å². The van der Waals surface area contributed by atoms with E-state index in [0.29, 0.717) is 11.9 Å². The molecule has 154 valence electrons. The van der Waals surface area contributed by atoms with Crippen LogP contribution >= 0.6 is 0 Å². The van der Waals surface area contributed by atoms with Gasteiger partial charge in [0.25, 0.3) is 10.0 Å². The fourth-order valence-corrected chi connectivity index (χ4v) is 4.44. The van der Waals surface area contributed by atoms with Crippen molar-refractivity contribution >= 4 is 20.9 Å². The van der Waals surface area contributed by atoms with E-state index >= 15 is 0 Å². The van der Waals surface area contributed by atoms with Gasteiger partial charge in [0.2, 0.25) is 0 Å². The van der Waals surface area contributed by atoms with Gasteiger partial charge in [0.1, 0.15) is 10.6 Å². The number of pyridine rings is 1. The molecule has 0 amide bonds. The molecule has 2 heterocycles. The van der Waals surface area contributed by atoms with Crippen molar-refractivity contribution in [3.63, 3.8) is 0 Å². The van der Waals surface area contributed by atoms with Gasteiger partial charge < -0.3 is 4.74 Å². The van der Waals surface area contributed by atoms with Crippen LogP contribution in [0.5, 0.6) is 5.75 Å². The molecule has 0 saturated carbocycles. The average molecular weight is 432 g/mol. The normalized spacial score (nSPS) is 12.2. The molecule has 9 heteroatoms. The highest BCUT2D eigenvalue weighted by Gasteiger charge is 2.30. The van der Waals surface area contributed by atoms with E-state index in [1.54, 1.807) is 24.3 Å². The highest BCUT2D eigenvalue weighted by molar-refractivity contribution is 7.90. The van der Waals surface area contributed by atoms with Crippen LogP contribution in [0.3, 0.4) is 0 Å². The molecule has 2 aromatic carbocycles. The molecule has 2 aromatic heterocycles. The van der Waals surface area contributed by atoms with E-state index in [9.17, 15) is 21.6 Å². The minimum atomic E-state index is -4.74. The third-order valence-corrected chi connectivity index (χ3v) is 6.15. The first-order chi connectivity index (χ1) is 14.2. The van der Waals surface area contributed by atoms with Crippen molar-refractivity contribution in [3.05, 3.63) is 90.4 Å². The molecule has 30 heavy (non-hydrogen) atoms.